The van der Waals surface area contributed by atoms with Gasteiger partial charge in [-0.1, -0.05) is 13.8 Å². The van der Waals surface area contributed by atoms with Crippen LogP contribution in [0, 0.1) is 0 Å². The fourth-order valence-electron chi connectivity index (χ4n) is 1.76. The largest absolute Gasteiger partial charge is 0.349 e. The highest BCUT2D eigenvalue weighted by molar-refractivity contribution is 5.27. The van der Waals surface area contributed by atoms with Crippen molar-refractivity contribution in [2.45, 2.75) is 33.2 Å². The van der Waals surface area contributed by atoms with Crippen LogP contribution in [0.5, 0.6) is 0 Å². The first kappa shape index (κ1) is 12.5. The zero-order valence-corrected chi connectivity index (χ0v) is 11.0. The predicted molar refractivity (Wildman–Crippen MR) is 69.1 cm³/mol. The van der Waals surface area contributed by atoms with Crippen molar-refractivity contribution in [3.05, 3.63) is 29.3 Å². The average Bonchev–Trinajstić information content (AvgIpc) is 2.81. The van der Waals surface area contributed by atoms with E-state index in [0.29, 0.717) is 12.5 Å². The van der Waals surface area contributed by atoms with E-state index in [4.69, 9.17) is 0 Å². The molecule has 0 aliphatic rings. The van der Waals surface area contributed by atoms with Crippen LogP contribution in [0.25, 0.3) is 0 Å². The first-order chi connectivity index (χ1) is 8.72. The molecule has 2 rings (SSSR count). The van der Waals surface area contributed by atoms with Crippen LogP contribution in [0.4, 0.5) is 5.95 Å². The maximum atomic E-state index is 4.47. The predicted octanol–water partition coefficient (Wildman–Crippen LogP) is 1.34. The van der Waals surface area contributed by atoms with E-state index in [2.05, 4.69) is 39.4 Å². The molecule has 18 heavy (non-hydrogen) atoms. The Kier molecular flexibility index (Phi) is 3.86. The van der Waals surface area contributed by atoms with E-state index in [1.807, 2.05) is 19.4 Å². The summed E-state index contributed by atoms with van der Waals surface area (Å²) in [5.74, 6) is 0.577. The van der Waals surface area contributed by atoms with Gasteiger partial charge in [-0.3, -0.25) is 4.68 Å². The van der Waals surface area contributed by atoms with Crippen molar-refractivity contribution in [1.82, 2.24) is 25.0 Å². The van der Waals surface area contributed by atoms with Gasteiger partial charge in [0.05, 0.1) is 17.6 Å². The molecule has 0 aromatic carbocycles. The zero-order chi connectivity index (χ0) is 13.0. The Morgan fingerprint density at radius 1 is 1.17 bits per heavy atom. The second-order valence-electron chi connectivity index (χ2n) is 4.11. The smallest absolute Gasteiger partial charge is 0.243 e. The minimum absolute atomic E-state index is 0.577. The highest BCUT2D eigenvalue weighted by Gasteiger charge is 2.06. The molecule has 0 fully saturated rings. The molecule has 2 heterocycles. The number of hydrogen-bond donors (Lipinski definition) is 1. The van der Waals surface area contributed by atoms with E-state index < -0.39 is 0 Å². The molecule has 0 unspecified atom stereocenters. The SMILES string of the molecule is CCc1nnc(NCc2cnn(C)c2)nc1CC. The van der Waals surface area contributed by atoms with Crippen molar-refractivity contribution in [3.8, 4) is 0 Å². The van der Waals surface area contributed by atoms with Crippen LogP contribution in [0.3, 0.4) is 0 Å². The molecule has 0 atom stereocenters. The molecule has 0 amide bonds. The normalized spacial score (nSPS) is 10.6. The third kappa shape index (κ3) is 2.82. The van der Waals surface area contributed by atoms with Crippen LogP contribution >= 0.6 is 0 Å². The minimum atomic E-state index is 0.577. The summed E-state index contributed by atoms with van der Waals surface area (Å²) in [6.07, 6.45) is 5.52. The van der Waals surface area contributed by atoms with Gasteiger partial charge in [-0.2, -0.15) is 10.2 Å². The molecule has 0 spiro atoms. The van der Waals surface area contributed by atoms with Gasteiger partial charge in [0.25, 0.3) is 0 Å². The number of rotatable bonds is 5. The topological polar surface area (TPSA) is 68.5 Å². The van der Waals surface area contributed by atoms with Crippen molar-refractivity contribution in [2.24, 2.45) is 7.05 Å². The standard InChI is InChI=1S/C12H18N6/c1-4-10-11(5-2)16-17-12(15-10)13-6-9-7-14-18(3)8-9/h7-8H,4-6H2,1-3H3,(H,13,15,17). The van der Waals surface area contributed by atoms with Crippen molar-refractivity contribution >= 4 is 5.95 Å². The maximum absolute atomic E-state index is 4.47. The van der Waals surface area contributed by atoms with E-state index >= 15 is 0 Å². The van der Waals surface area contributed by atoms with Gasteiger partial charge in [-0.05, 0) is 12.8 Å². The van der Waals surface area contributed by atoms with Crippen molar-refractivity contribution in [2.75, 3.05) is 5.32 Å². The van der Waals surface area contributed by atoms with Crippen LogP contribution in [0.15, 0.2) is 12.4 Å². The monoisotopic (exact) mass is 246 g/mol. The van der Waals surface area contributed by atoms with E-state index in [1.54, 1.807) is 4.68 Å². The third-order valence-electron chi connectivity index (χ3n) is 2.72. The average molecular weight is 246 g/mol. The van der Waals surface area contributed by atoms with Gasteiger partial charge in [-0.15, -0.1) is 5.10 Å². The van der Waals surface area contributed by atoms with Crippen molar-refractivity contribution in [3.63, 3.8) is 0 Å². The highest BCUT2D eigenvalue weighted by Crippen LogP contribution is 2.08. The summed E-state index contributed by atoms with van der Waals surface area (Å²) < 4.78 is 1.77. The van der Waals surface area contributed by atoms with E-state index in [0.717, 1.165) is 29.8 Å². The zero-order valence-electron chi connectivity index (χ0n) is 11.0. The molecular weight excluding hydrogens is 228 g/mol. The van der Waals surface area contributed by atoms with E-state index in [9.17, 15) is 0 Å². The van der Waals surface area contributed by atoms with Gasteiger partial charge in [0.15, 0.2) is 0 Å². The fraction of sp³-hybridized carbons (Fsp3) is 0.500. The summed E-state index contributed by atoms with van der Waals surface area (Å²) >= 11 is 0. The molecule has 0 saturated carbocycles. The van der Waals surface area contributed by atoms with Crippen LogP contribution < -0.4 is 5.32 Å². The van der Waals surface area contributed by atoms with Gasteiger partial charge in [0, 0.05) is 25.4 Å². The van der Waals surface area contributed by atoms with E-state index in [1.165, 1.54) is 0 Å². The summed E-state index contributed by atoms with van der Waals surface area (Å²) in [7, 11) is 1.90. The van der Waals surface area contributed by atoms with Crippen LogP contribution in [-0.4, -0.2) is 25.0 Å². The molecule has 2 aromatic heterocycles. The van der Waals surface area contributed by atoms with Gasteiger partial charge in [0.1, 0.15) is 0 Å². The van der Waals surface area contributed by atoms with Crippen molar-refractivity contribution < 1.29 is 0 Å². The number of hydrogen-bond acceptors (Lipinski definition) is 5. The number of aryl methyl sites for hydroxylation is 3. The van der Waals surface area contributed by atoms with Crippen LogP contribution in [0.1, 0.15) is 30.8 Å². The summed E-state index contributed by atoms with van der Waals surface area (Å²) in [5.41, 5.74) is 3.09. The van der Waals surface area contributed by atoms with Crippen molar-refractivity contribution in [1.29, 1.82) is 0 Å². The lowest BCUT2D eigenvalue weighted by Gasteiger charge is -2.06. The Morgan fingerprint density at radius 3 is 2.56 bits per heavy atom. The summed E-state index contributed by atoms with van der Waals surface area (Å²) in [6, 6.07) is 0. The van der Waals surface area contributed by atoms with Crippen LogP contribution in [0.2, 0.25) is 0 Å². The molecule has 0 radical (unpaired) electrons. The highest BCUT2D eigenvalue weighted by atomic mass is 15.3. The number of anilines is 1. The van der Waals surface area contributed by atoms with Gasteiger partial charge < -0.3 is 5.32 Å². The lowest BCUT2D eigenvalue weighted by Crippen LogP contribution is -2.09. The molecule has 6 nitrogen and oxygen atoms in total. The molecular formula is C12H18N6. The summed E-state index contributed by atoms with van der Waals surface area (Å²) in [5, 5.41) is 15.5. The third-order valence-corrected chi connectivity index (χ3v) is 2.72. The first-order valence-corrected chi connectivity index (χ1v) is 6.16. The number of nitrogens with one attached hydrogen (secondary N) is 1. The summed E-state index contributed by atoms with van der Waals surface area (Å²) in [6.45, 7) is 4.80. The lowest BCUT2D eigenvalue weighted by atomic mass is 10.2. The molecule has 0 aliphatic carbocycles. The minimum Gasteiger partial charge on any atom is -0.349 e. The molecule has 0 saturated heterocycles. The summed E-state index contributed by atoms with van der Waals surface area (Å²) in [4.78, 5) is 4.47. The Bertz CT molecular complexity index is 519. The Balaban J connectivity index is 2.05. The molecule has 0 aliphatic heterocycles. The Morgan fingerprint density at radius 2 is 1.94 bits per heavy atom. The van der Waals surface area contributed by atoms with Gasteiger partial charge in [-0.25, -0.2) is 4.98 Å². The second-order valence-corrected chi connectivity index (χ2v) is 4.11. The maximum Gasteiger partial charge on any atom is 0.243 e. The van der Waals surface area contributed by atoms with Gasteiger partial charge in [0.2, 0.25) is 5.95 Å². The number of aromatic nitrogens is 5. The molecule has 0 bridgehead atoms. The van der Waals surface area contributed by atoms with Gasteiger partial charge >= 0.3 is 0 Å². The molecule has 6 heteroatoms. The first-order valence-electron chi connectivity index (χ1n) is 6.16. The van der Waals surface area contributed by atoms with Crippen LogP contribution in [-0.2, 0) is 26.4 Å². The Labute approximate surface area is 106 Å². The number of nitrogens with zero attached hydrogens (tertiary/aromatic N) is 5. The second kappa shape index (κ2) is 5.57. The van der Waals surface area contributed by atoms with E-state index in [-0.39, 0.29) is 0 Å². The molecule has 1 N–H and O–H groups in total. The lowest BCUT2D eigenvalue weighted by molar-refractivity contribution is 0.767. The quantitative estimate of drug-likeness (QED) is 0.862. The molecule has 96 valence electrons. The molecule has 2 aromatic rings. The fourth-order valence-corrected chi connectivity index (χ4v) is 1.76. The Hall–Kier alpha value is -1.98.